The van der Waals surface area contributed by atoms with E-state index in [4.69, 9.17) is 19.6 Å². The van der Waals surface area contributed by atoms with Crippen LogP contribution in [-0.2, 0) is 19.6 Å². The summed E-state index contributed by atoms with van der Waals surface area (Å²) in [4.78, 5) is 23.7. The Morgan fingerprint density at radius 3 is 0.895 bits per heavy atom. The monoisotopic (exact) mass is 506 g/mol. The molecule has 0 unspecified atom stereocenters. The molecule has 0 aliphatic carbocycles. The standard InChI is InChI=1S/C34H34O4/c1-33(2,37-35-31(27-17-9-5-10-18-27)28-19-11-6-12-20-28)25-26-34(3,4)38-36-32(29-21-13-7-14-22-29)30-23-15-8-16-24-30/h5-24,31-32H,1-4H3. The average molecular weight is 507 g/mol. The molecule has 0 spiro atoms. The van der Waals surface area contributed by atoms with Crippen molar-refractivity contribution in [2.24, 2.45) is 0 Å². The lowest BCUT2D eigenvalue weighted by molar-refractivity contribution is -0.361. The van der Waals surface area contributed by atoms with E-state index >= 15 is 0 Å². The van der Waals surface area contributed by atoms with E-state index in [0.29, 0.717) is 0 Å². The van der Waals surface area contributed by atoms with Crippen LogP contribution in [-0.4, -0.2) is 11.2 Å². The van der Waals surface area contributed by atoms with Crippen molar-refractivity contribution in [3.05, 3.63) is 144 Å². The Balaban J connectivity index is 1.44. The molecule has 38 heavy (non-hydrogen) atoms. The van der Waals surface area contributed by atoms with Crippen molar-refractivity contribution in [2.45, 2.75) is 51.1 Å². The Kier molecular flexibility index (Phi) is 9.12. The fourth-order valence-corrected chi connectivity index (χ4v) is 3.80. The molecule has 0 saturated carbocycles. The van der Waals surface area contributed by atoms with Crippen LogP contribution in [0.4, 0.5) is 0 Å². The highest BCUT2D eigenvalue weighted by molar-refractivity contribution is 5.31. The van der Waals surface area contributed by atoms with Crippen LogP contribution in [0, 0.1) is 11.8 Å². The molecule has 0 heterocycles. The molecule has 0 atom stereocenters. The van der Waals surface area contributed by atoms with Gasteiger partial charge >= 0.3 is 0 Å². The first-order chi connectivity index (χ1) is 18.3. The van der Waals surface area contributed by atoms with Crippen LogP contribution >= 0.6 is 0 Å². The molecule has 0 aromatic heterocycles. The Labute approximate surface area is 226 Å². The summed E-state index contributed by atoms with van der Waals surface area (Å²) in [6, 6.07) is 39.9. The van der Waals surface area contributed by atoms with Gasteiger partial charge in [-0.05, 0) is 49.9 Å². The second kappa shape index (κ2) is 12.7. The van der Waals surface area contributed by atoms with Crippen LogP contribution in [0.5, 0.6) is 0 Å². The first-order valence-electron chi connectivity index (χ1n) is 12.8. The second-order valence-electron chi connectivity index (χ2n) is 10.0. The van der Waals surface area contributed by atoms with Crippen molar-refractivity contribution in [1.29, 1.82) is 0 Å². The van der Waals surface area contributed by atoms with Crippen LogP contribution in [0.25, 0.3) is 0 Å². The first-order valence-corrected chi connectivity index (χ1v) is 12.8. The minimum atomic E-state index is -0.902. The zero-order chi connectivity index (χ0) is 26.8. The molecule has 0 aliphatic rings. The lowest BCUT2D eigenvalue weighted by atomic mass is 10.0. The van der Waals surface area contributed by atoms with Crippen molar-refractivity contribution in [2.75, 3.05) is 0 Å². The molecule has 194 valence electrons. The van der Waals surface area contributed by atoms with Crippen molar-refractivity contribution >= 4 is 0 Å². The van der Waals surface area contributed by atoms with Gasteiger partial charge in [0.2, 0.25) is 0 Å². The van der Waals surface area contributed by atoms with Crippen LogP contribution in [0.3, 0.4) is 0 Å². The van der Waals surface area contributed by atoms with E-state index in [2.05, 4.69) is 11.8 Å². The fourth-order valence-electron chi connectivity index (χ4n) is 3.80. The van der Waals surface area contributed by atoms with Gasteiger partial charge in [0.05, 0.1) is 0 Å². The van der Waals surface area contributed by atoms with Gasteiger partial charge in [-0.15, -0.1) is 0 Å². The van der Waals surface area contributed by atoms with Gasteiger partial charge in [0.25, 0.3) is 0 Å². The van der Waals surface area contributed by atoms with Crippen molar-refractivity contribution in [1.82, 2.24) is 0 Å². The third kappa shape index (κ3) is 7.89. The lowest BCUT2D eigenvalue weighted by Crippen LogP contribution is -2.28. The maximum Gasteiger partial charge on any atom is 0.158 e. The Bertz CT molecular complexity index is 1130. The molecular formula is C34H34O4. The maximum absolute atomic E-state index is 5.98. The Morgan fingerprint density at radius 1 is 0.421 bits per heavy atom. The molecule has 4 rings (SSSR count). The highest BCUT2D eigenvalue weighted by Gasteiger charge is 2.26. The van der Waals surface area contributed by atoms with Crippen LogP contribution < -0.4 is 0 Å². The van der Waals surface area contributed by atoms with Crippen LogP contribution in [0.15, 0.2) is 121 Å². The molecule has 4 nitrogen and oxygen atoms in total. The third-order valence-electron chi connectivity index (χ3n) is 5.78. The van der Waals surface area contributed by atoms with Gasteiger partial charge in [0, 0.05) is 0 Å². The van der Waals surface area contributed by atoms with Gasteiger partial charge in [-0.1, -0.05) is 133 Å². The van der Waals surface area contributed by atoms with E-state index in [1.54, 1.807) is 0 Å². The summed E-state index contributed by atoms with van der Waals surface area (Å²) >= 11 is 0. The minimum Gasteiger partial charge on any atom is -0.222 e. The zero-order valence-corrected chi connectivity index (χ0v) is 22.3. The van der Waals surface area contributed by atoms with Crippen molar-refractivity contribution < 1.29 is 19.6 Å². The van der Waals surface area contributed by atoms with Gasteiger partial charge in [0.1, 0.15) is 12.2 Å². The van der Waals surface area contributed by atoms with E-state index in [0.717, 1.165) is 22.3 Å². The van der Waals surface area contributed by atoms with E-state index in [9.17, 15) is 0 Å². The van der Waals surface area contributed by atoms with Crippen molar-refractivity contribution in [3.63, 3.8) is 0 Å². The molecule has 0 aliphatic heterocycles. The molecule has 0 bridgehead atoms. The topological polar surface area (TPSA) is 36.9 Å². The van der Waals surface area contributed by atoms with E-state index < -0.39 is 11.2 Å². The molecule has 4 heteroatoms. The van der Waals surface area contributed by atoms with Gasteiger partial charge < -0.3 is 0 Å². The van der Waals surface area contributed by atoms with E-state index in [1.165, 1.54) is 0 Å². The Morgan fingerprint density at radius 2 is 0.658 bits per heavy atom. The minimum absolute atomic E-state index is 0.386. The van der Waals surface area contributed by atoms with Crippen LogP contribution in [0.1, 0.15) is 62.2 Å². The summed E-state index contributed by atoms with van der Waals surface area (Å²) in [6.45, 7) is 7.45. The zero-order valence-electron chi connectivity index (χ0n) is 22.3. The molecule has 0 saturated heterocycles. The van der Waals surface area contributed by atoms with E-state index in [1.807, 2.05) is 149 Å². The highest BCUT2D eigenvalue weighted by Crippen LogP contribution is 2.29. The summed E-state index contributed by atoms with van der Waals surface area (Å²) in [7, 11) is 0. The average Bonchev–Trinajstić information content (AvgIpc) is 2.95. The summed E-state index contributed by atoms with van der Waals surface area (Å²) in [5.41, 5.74) is 2.17. The highest BCUT2D eigenvalue weighted by atomic mass is 17.2. The van der Waals surface area contributed by atoms with Gasteiger partial charge in [0.15, 0.2) is 11.2 Å². The fraction of sp³-hybridized carbons (Fsp3) is 0.235. The number of hydrogen-bond acceptors (Lipinski definition) is 4. The largest absolute Gasteiger partial charge is 0.222 e. The van der Waals surface area contributed by atoms with Gasteiger partial charge in [-0.25, -0.2) is 19.6 Å². The predicted molar refractivity (Wildman–Crippen MR) is 150 cm³/mol. The summed E-state index contributed by atoms with van der Waals surface area (Å²) in [6.07, 6.45) is -0.771. The third-order valence-corrected chi connectivity index (χ3v) is 5.78. The van der Waals surface area contributed by atoms with E-state index in [-0.39, 0.29) is 12.2 Å². The molecule has 0 N–H and O–H groups in total. The summed E-state index contributed by atoms with van der Waals surface area (Å²) < 4.78 is 0. The van der Waals surface area contributed by atoms with Crippen LogP contribution in [0.2, 0.25) is 0 Å². The Hall–Kier alpha value is -3.72. The lowest BCUT2D eigenvalue weighted by Gasteiger charge is -2.25. The van der Waals surface area contributed by atoms with Gasteiger partial charge in [-0.2, -0.15) is 0 Å². The number of rotatable bonds is 10. The molecule has 0 fully saturated rings. The molecule has 4 aromatic carbocycles. The molecule has 0 amide bonds. The smallest absolute Gasteiger partial charge is 0.158 e. The molecule has 0 radical (unpaired) electrons. The summed E-state index contributed by atoms with van der Waals surface area (Å²) in [5.74, 6) is 6.32. The first kappa shape index (κ1) is 27.3. The predicted octanol–water partition coefficient (Wildman–Crippen LogP) is 8.02. The normalized spacial score (nSPS) is 11.8. The molecule has 4 aromatic rings. The number of hydrogen-bond donors (Lipinski definition) is 0. The number of benzene rings is 4. The summed E-state index contributed by atoms with van der Waals surface area (Å²) in [5, 5.41) is 0. The van der Waals surface area contributed by atoms with Gasteiger partial charge in [-0.3, -0.25) is 0 Å². The molecular weight excluding hydrogens is 472 g/mol. The second-order valence-corrected chi connectivity index (χ2v) is 10.0. The SMILES string of the molecule is CC(C)(C#CC(C)(C)OOC(c1ccccc1)c1ccccc1)OOC(c1ccccc1)c1ccccc1. The van der Waals surface area contributed by atoms with Crippen molar-refractivity contribution in [3.8, 4) is 11.8 Å². The maximum atomic E-state index is 5.98. The quantitative estimate of drug-likeness (QED) is 0.124.